The van der Waals surface area contributed by atoms with Gasteiger partial charge in [-0.1, -0.05) is 19.6 Å². The lowest BCUT2D eigenvalue weighted by Gasteiger charge is -2.20. The summed E-state index contributed by atoms with van der Waals surface area (Å²) in [6, 6.07) is 7.07. The zero-order chi connectivity index (χ0) is 12.6. The van der Waals surface area contributed by atoms with E-state index in [9.17, 15) is 0 Å². The molecule has 0 bridgehead atoms. The second-order valence-corrected chi connectivity index (χ2v) is 4.81. The molecule has 1 aliphatic rings. The lowest BCUT2D eigenvalue weighted by Crippen LogP contribution is -2.25. The highest BCUT2D eigenvalue weighted by Gasteiger charge is 2.29. The van der Waals surface area contributed by atoms with Crippen LogP contribution in [0.3, 0.4) is 0 Å². The Morgan fingerprint density at radius 2 is 2.12 bits per heavy atom. The molecule has 2 rings (SSSR count). The van der Waals surface area contributed by atoms with Crippen molar-refractivity contribution in [1.82, 2.24) is 0 Å². The molecule has 2 N–H and O–H groups in total. The van der Waals surface area contributed by atoms with Crippen molar-refractivity contribution >= 4 is 11.8 Å². The molecule has 0 aliphatic carbocycles. The first kappa shape index (κ1) is 11.8. The third-order valence-corrected chi connectivity index (χ3v) is 3.83. The summed E-state index contributed by atoms with van der Waals surface area (Å²) >= 11 is 0. The highest BCUT2D eigenvalue weighted by molar-refractivity contribution is 5.66. The number of rotatable bonds is 2. The standard InChI is InChI=1S/C15H20N2/c1-5-13(16)8-12-6-7-15-14(9-12)10(2)11(3)17(15)4/h5-11H,1,16H2,2-4H3/b13-8-. The highest BCUT2D eigenvalue weighted by Crippen LogP contribution is 2.40. The van der Waals surface area contributed by atoms with Crippen LogP contribution >= 0.6 is 0 Å². The van der Waals surface area contributed by atoms with Crippen LogP contribution in [0.4, 0.5) is 5.69 Å². The molecule has 1 aliphatic heterocycles. The molecule has 2 atom stereocenters. The summed E-state index contributed by atoms with van der Waals surface area (Å²) in [5.74, 6) is 0.563. The fraction of sp³-hybridized carbons (Fsp3) is 0.333. The molecule has 0 saturated carbocycles. The van der Waals surface area contributed by atoms with E-state index < -0.39 is 0 Å². The van der Waals surface area contributed by atoms with Crippen LogP contribution in [0.1, 0.15) is 30.9 Å². The Balaban J connectivity index is 2.43. The van der Waals surface area contributed by atoms with Crippen molar-refractivity contribution in [2.45, 2.75) is 25.8 Å². The molecule has 0 aromatic heterocycles. The van der Waals surface area contributed by atoms with Crippen molar-refractivity contribution < 1.29 is 0 Å². The minimum Gasteiger partial charge on any atom is -0.399 e. The zero-order valence-corrected chi connectivity index (χ0v) is 10.8. The van der Waals surface area contributed by atoms with Crippen LogP contribution in [0, 0.1) is 0 Å². The average Bonchev–Trinajstić information content (AvgIpc) is 2.54. The lowest BCUT2D eigenvalue weighted by atomic mass is 9.96. The van der Waals surface area contributed by atoms with E-state index in [1.54, 1.807) is 6.08 Å². The van der Waals surface area contributed by atoms with Crippen molar-refractivity contribution in [3.05, 3.63) is 47.7 Å². The van der Waals surface area contributed by atoms with Gasteiger partial charge in [0.25, 0.3) is 0 Å². The normalized spacial score (nSPS) is 23.7. The predicted octanol–water partition coefficient (Wildman–Crippen LogP) is 3.11. The first-order valence-electron chi connectivity index (χ1n) is 6.01. The third-order valence-electron chi connectivity index (χ3n) is 3.83. The topological polar surface area (TPSA) is 29.3 Å². The number of allylic oxidation sites excluding steroid dienone is 1. The van der Waals surface area contributed by atoms with Crippen LogP contribution < -0.4 is 10.6 Å². The van der Waals surface area contributed by atoms with E-state index >= 15 is 0 Å². The SMILES string of the molecule is C=C/C(N)=C/c1ccc2c(c1)C(C)C(C)N2C. The largest absolute Gasteiger partial charge is 0.399 e. The second-order valence-electron chi connectivity index (χ2n) is 4.81. The van der Waals surface area contributed by atoms with Gasteiger partial charge in [0.15, 0.2) is 0 Å². The van der Waals surface area contributed by atoms with E-state index in [0.29, 0.717) is 17.7 Å². The summed E-state index contributed by atoms with van der Waals surface area (Å²) in [4.78, 5) is 2.34. The van der Waals surface area contributed by atoms with Gasteiger partial charge in [-0.05, 0) is 42.3 Å². The van der Waals surface area contributed by atoms with Crippen molar-refractivity contribution in [3.63, 3.8) is 0 Å². The smallest absolute Gasteiger partial charge is 0.0402 e. The quantitative estimate of drug-likeness (QED) is 0.788. The molecule has 1 heterocycles. The zero-order valence-electron chi connectivity index (χ0n) is 10.8. The van der Waals surface area contributed by atoms with Gasteiger partial charge in [0.2, 0.25) is 0 Å². The van der Waals surface area contributed by atoms with Gasteiger partial charge in [0, 0.05) is 30.4 Å². The molecule has 90 valence electrons. The molecule has 0 fully saturated rings. The van der Waals surface area contributed by atoms with Crippen molar-refractivity contribution in [1.29, 1.82) is 0 Å². The monoisotopic (exact) mass is 228 g/mol. The minimum atomic E-state index is 0.556. The van der Waals surface area contributed by atoms with Crippen LogP contribution in [0.25, 0.3) is 6.08 Å². The van der Waals surface area contributed by atoms with Crippen LogP contribution in [0.15, 0.2) is 36.6 Å². The molecular weight excluding hydrogens is 208 g/mol. The Labute approximate surface area is 103 Å². The summed E-state index contributed by atoms with van der Waals surface area (Å²) in [5, 5.41) is 0. The molecule has 2 nitrogen and oxygen atoms in total. The van der Waals surface area contributed by atoms with Gasteiger partial charge < -0.3 is 10.6 Å². The Kier molecular flexibility index (Phi) is 2.97. The Hall–Kier alpha value is -1.70. The molecular formula is C15H20N2. The van der Waals surface area contributed by atoms with Gasteiger partial charge in [-0.2, -0.15) is 0 Å². The third kappa shape index (κ3) is 1.95. The van der Waals surface area contributed by atoms with E-state index in [1.807, 2.05) is 6.08 Å². The number of fused-ring (bicyclic) bond motifs is 1. The fourth-order valence-corrected chi connectivity index (χ4v) is 2.41. The summed E-state index contributed by atoms with van der Waals surface area (Å²) in [6.07, 6.45) is 3.63. The molecule has 0 saturated heterocycles. The van der Waals surface area contributed by atoms with Gasteiger partial charge in [0.1, 0.15) is 0 Å². The number of anilines is 1. The molecule has 17 heavy (non-hydrogen) atoms. The van der Waals surface area contributed by atoms with Gasteiger partial charge in [0.05, 0.1) is 0 Å². The molecule has 1 aromatic rings. The van der Waals surface area contributed by atoms with Gasteiger partial charge >= 0.3 is 0 Å². The number of nitrogens with zero attached hydrogens (tertiary/aromatic N) is 1. The minimum absolute atomic E-state index is 0.556. The van der Waals surface area contributed by atoms with E-state index in [-0.39, 0.29) is 0 Å². The number of hydrogen-bond acceptors (Lipinski definition) is 2. The first-order valence-corrected chi connectivity index (χ1v) is 6.01. The lowest BCUT2D eigenvalue weighted by molar-refractivity contribution is 0.626. The van der Waals surface area contributed by atoms with E-state index in [0.717, 1.165) is 5.56 Å². The average molecular weight is 228 g/mol. The number of benzene rings is 1. The van der Waals surface area contributed by atoms with Crippen molar-refractivity contribution in [2.75, 3.05) is 11.9 Å². The predicted molar refractivity (Wildman–Crippen MR) is 75.1 cm³/mol. The van der Waals surface area contributed by atoms with Crippen LogP contribution in [-0.2, 0) is 0 Å². The summed E-state index contributed by atoms with van der Waals surface area (Å²) in [7, 11) is 2.15. The molecule has 2 unspecified atom stereocenters. The Bertz CT molecular complexity index is 474. The molecule has 1 aromatic carbocycles. The Morgan fingerprint density at radius 1 is 1.41 bits per heavy atom. The fourth-order valence-electron chi connectivity index (χ4n) is 2.41. The first-order chi connectivity index (χ1) is 8.04. The maximum Gasteiger partial charge on any atom is 0.0402 e. The summed E-state index contributed by atoms with van der Waals surface area (Å²) in [5.41, 5.74) is 10.4. The van der Waals surface area contributed by atoms with Gasteiger partial charge in [-0.15, -0.1) is 0 Å². The van der Waals surface area contributed by atoms with Crippen LogP contribution in [0.2, 0.25) is 0 Å². The van der Waals surface area contributed by atoms with E-state index in [2.05, 4.69) is 50.6 Å². The number of likely N-dealkylation sites (N-methyl/N-ethyl adjacent to an activating group) is 1. The molecule has 2 heteroatoms. The summed E-state index contributed by atoms with van der Waals surface area (Å²) in [6.45, 7) is 8.20. The number of nitrogens with two attached hydrogens (primary N) is 1. The van der Waals surface area contributed by atoms with Crippen LogP contribution in [-0.4, -0.2) is 13.1 Å². The number of hydrogen-bond donors (Lipinski definition) is 1. The molecule has 0 spiro atoms. The summed E-state index contributed by atoms with van der Waals surface area (Å²) < 4.78 is 0. The maximum atomic E-state index is 5.77. The van der Waals surface area contributed by atoms with Gasteiger partial charge in [-0.3, -0.25) is 0 Å². The molecule has 0 radical (unpaired) electrons. The second kappa shape index (κ2) is 4.28. The maximum absolute atomic E-state index is 5.77. The Morgan fingerprint density at radius 3 is 2.76 bits per heavy atom. The van der Waals surface area contributed by atoms with Crippen molar-refractivity contribution in [2.24, 2.45) is 5.73 Å². The van der Waals surface area contributed by atoms with Crippen LogP contribution in [0.5, 0.6) is 0 Å². The van der Waals surface area contributed by atoms with Gasteiger partial charge in [-0.25, -0.2) is 0 Å². The molecule has 0 amide bonds. The highest BCUT2D eigenvalue weighted by atomic mass is 15.2. The van der Waals surface area contributed by atoms with E-state index in [1.165, 1.54) is 11.3 Å². The van der Waals surface area contributed by atoms with E-state index in [4.69, 9.17) is 5.73 Å². The van der Waals surface area contributed by atoms with Crippen molar-refractivity contribution in [3.8, 4) is 0 Å².